The Morgan fingerprint density at radius 2 is 1.05 bits per heavy atom. The second-order valence-corrected chi connectivity index (χ2v) is 13.0. The van der Waals surface area contributed by atoms with Crippen LogP contribution in [0.15, 0.2) is 60.7 Å². The zero-order valence-electron chi connectivity index (χ0n) is 29.7. The van der Waals surface area contributed by atoms with Crippen LogP contribution in [0.2, 0.25) is 10.3 Å². The Morgan fingerprint density at radius 3 is 1.46 bits per heavy atom. The van der Waals surface area contributed by atoms with Gasteiger partial charge in [-0.2, -0.15) is 0 Å². The van der Waals surface area contributed by atoms with Gasteiger partial charge in [-0.05, 0) is 85.6 Å². The van der Waals surface area contributed by atoms with Crippen molar-refractivity contribution in [2.24, 2.45) is 0 Å². The number of halogens is 8. The molecule has 0 unspecified atom stereocenters. The second kappa shape index (κ2) is 18.0. The number of carbonyl (C=O) groups is 2. The summed E-state index contributed by atoms with van der Waals surface area (Å²) in [5, 5.41) is 21.9. The van der Waals surface area contributed by atoms with Crippen molar-refractivity contribution in [3.05, 3.63) is 82.1 Å². The molecule has 2 fully saturated rings. The number of ether oxygens (including phenoxy) is 2. The third-order valence-corrected chi connectivity index (χ3v) is 8.83. The highest BCUT2D eigenvalue weighted by atomic mass is 35.5. The highest BCUT2D eigenvalue weighted by Gasteiger charge is 2.32. The topological polar surface area (TPSA) is 141 Å². The van der Waals surface area contributed by atoms with Crippen LogP contribution in [-0.2, 0) is 0 Å². The quantitative estimate of drug-likeness (QED) is 0.189. The lowest BCUT2D eigenvalue weighted by atomic mass is 10.2. The summed E-state index contributed by atoms with van der Waals surface area (Å²) >= 11 is 11.7. The van der Waals surface area contributed by atoms with E-state index in [9.17, 15) is 35.9 Å². The molecule has 56 heavy (non-hydrogen) atoms. The number of amides is 4. The van der Waals surface area contributed by atoms with E-state index in [0.717, 1.165) is 41.2 Å². The number of benzene rings is 2. The molecule has 6 rings (SSSR count). The largest absolute Gasteiger partial charge is 0.573 e. The third-order valence-electron chi connectivity index (χ3n) is 8.28. The summed E-state index contributed by atoms with van der Waals surface area (Å²) in [4.78, 5) is 32.0. The van der Waals surface area contributed by atoms with Gasteiger partial charge in [0.05, 0.1) is 0 Å². The summed E-state index contributed by atoms with van der Waals surface area (Å²) in [6.07, 6.45) is -9.51. The fraction of sp³-hybridized carbons (Fsp3) is 0.353. The molecule has 4 amide bonds. The maximum Gasteiger partial charge on any atom is 0.573 e. The molecule has 22 heteroatoms. The number of rotatable bonds is 6. The van der Waals surface area contributed by atoms with Gasteiger partial charge in [0.2, 0.25) is 0 Å². The zero-order chi connectivity index (χ0) is 40.6. The Bertz CT molecular complexity index is 1960. The van der Waals surface area contributed by atoms with Gasteiger partial charge in [0.15, 0.2) is 21.9 Å². The van der Waals surface area contributed by atoms with E-state index in [1.54, 1.807) is 15.9 Å². The van der Waals surface area contributed by atoms with Crippen LogP contribution in [0.25, 0.3) is 0 Å². The summed E-state index contributed by atoms with van der Waals surface area (Å²) in [5.74, 6) is 0.726. The number of hydrogen-bond donors (Lipinski definition) is 2. The van der Waals surface area contributed by atoms with Gasteiger partial charge in [0.1, 0.15) is 11.5 Å². The molecule has 4 aromatic rings. The van der Waals surface area contributed by atoms with Crippen molar-refractivity contribution in [2.45, 2.75) is 26.6 Å². The number of aryl methyl sites for hydroxylation is 2. The Labute approximate surface area is 326 Å². The number of alkyl halides is 6. The molecule has 300 valence electrons. The number of anilines is 4. The van der Waals surface area contributed by atoms with Gasteiger partial charge in [-0.15, -0.1) is 46.7 Å². The highest BCUT2D eigenvalue weighted by Crippen LogP contribution is 2.26. The van der Waals surface area contributed by atoms with E-state index in [2.05, 4.69) is 40.5 Å². The SMILES string of the molecule is Cc1cc(Cl)nnc1N1CCN(C(=O)Nc2ccc(OC(F)(F)F)cc2)CC1.Cc1cc(N2CCN(C(=O)Nc3ccc(OC(F)(F)F)cc3)CC2)nnc1Cl. The summed E-state index contributed by atoms with van der Waals surface area (Å²) in [5.41, 5.74) is 2.48. The molecule has 0 atom stereocenters. The van der Waals surface area contributed by atoms with Crippen LogP contribution >= 0.6 is 23.2 Å². The zero-order valence-corrected chi connectivity index (χ0v) is 31.2. The first-order valence-corrected chi connectivity index (χ1v) is 17.5. The summed E-state index contributed by atoms with van der Waals surface area (Å²) in [6, 6.07) is 12.9. The first-order valence-electron chi connectivity index (χ1n) is 16.8. The Kier molecular flexibility index (Phi) is 13.4. The highest BCUT2D eigenvalue weighted by molar-refractivity contribution is 6.30. The monoisotopic (exact) mass is 830 g/mol. The van der Waals surface area contributed by atoms with Crippen molar-refractivity contribution in [3.63, 3.8) is 0 Å². The molecule has 2 aliphatic heterocycles. The molecule has 4 heterocycles. The molecule has 0 aliphatic carbocycles. The van der Waals surface area contributed by atoms with E-state index in [1.807, 2.05) is 29.7 Å². The van der Waals surface area contributed by atoms with Crippen LogP contribution in [-0.4, -0.2) is 107 Å². The van der Waals surface area contributed by atoms with E-state index < -0.39 is 12.7 Å². The van der Waals surface area contributed by atoms with Crippen LogP contribution in [0.3, 0.4) is 0 Å². The smallest absolute Gasteiger partial charge is 0.406 e. The predicted molar refractivity (Wildman–Crippen MR) is 195 cm³/mol. The molecule has 14 nitrogen and oxygen atoms in total. The van der Waals surface area contributed by atoms with Crippen LogP contribution in [0.4, 0.5) is 58.9 Å². The molecular formula is C34H34Cl2F6N10O4. The molecule has 2 aliphatic rings. The fourth-order valence-electron chi connectivity index (χ4n) is 5.51. The van der Waals surface area contributed by atoms with Crippen LogP contribution in [0.1, 0.15) is 11.1 Å². The average molecular weight is 832 g/mol. The second-order valence-electron chi connectivity index (χ2n) is 12.3. The molecule has 0 bridgehead atoms. The molecule has 0 radical (unpaired) electrons. The summed E-state index contributed by atoms with van der Waals surface area (Å²) in [6.45, 7) is 7.87. The van der Waals surface area contributed by atoms with Crippen molar-refractivity contribution < 1.29 is 45.4 Å². The molecule has 2 N–H and O–H groups in total. The van der Waals surface area contributed by atoms with E-state index in [-0.39, 0.29) is 23.6 Å². The van der Waals surface area contributed by atoms with Crippen LogP contribution < -0.4 is 29.9 Å². The Morgan fingerprint density at radius 1 is 0.607 bits per heavy atom. The number of piperazine rings is 2. The molecule has 0 spiro atoms. The Hall–Kier alpha value is -5.50. The van der Waals surface area contributed by atoms with Gasteiger partial charge in [0, 0.05) is 63.7 Å². The fourth-order valence-corrected chi connectivity index (χ4v) is 5.81. The van der Waals surface area contributed by atoms with Gasteiger partial charge in [-0.25, -0.2) is 9.59 Å². The van der Waals surface area contributed by atoms with E-state index in [0.29, 0.717) is 79.9 Å². The first kappa shape index (κ1) is 41.7. The molecule has 2 saturated heterocycles. The van der Waals surface area contributed by atoms with Crippen LogP contribution in [0.5, 0.6) is 11.5 Å². The normalized spacial score (nSPS) is 14.8. The maximum absolute atomic E-state index is 12.4. The molecule has 0 saturated carbocycles. The summed E-state index contributed by atoms with van der Waals surface area (Å²) < 4.78 is 80.6. The number of nitrogens with zero attached hydrogens (tertiary/aromatic N) is 8. The third kappa shape index (κ3) is 12.3. The molecular weight excluding hydrogens is 797 g/mol. The first-order chi connectivity index (χ1) is 26.4. The Balaban J connectivity index is 0.000000214. The van der Waals surface area contributed by atoms with Gasteiger partial charge >= 0.3 is 24.8 Å². The van der Waals surface area contributed by atoms with Crippen molar-refractivity contribution in [1.82, 2.24) is 30.2 Å². The van der Waals surface area contributed by atoms with Gasteiger partial charge < -0.3 is 39.7 Å². The minimum Gasteiger partial charge on any atom is -0.406 e. The lowest BCUT2D eigenvalue weighted by molar-refractivity contribution is -0.275. The number of aromatic nitrogens is 4. The lowest BCUT2D eigenvalue weighted by Crippen LogP contribution is -2.50. The number of carbonyl (C=O) groups excluding carboxylic acids is 2. The minimum atomic E-state index is -4.75. The van der Waals surface area contributed by atoms with Crippen molar-refractivity contribution in [1.29, 1.82) is 0 Å². The minimum absolute atomic E-state index is 0.325. The summed E-state index contributed by atoms with van der Waals surface area (Å²) in [7, 11) is 0. The van der Waals surface area contributed by atoms with Crippen molar-refractivity contribution in [3.8, 4) is 11.5 Å². The van der Waals surface area contributed by atoms with E-state index in [1.165, 1.54) is 24.3 Å². The molecule has 2 aromatic carbocycles. The van der Waals surface area contributed by atoms with Gasteiger partial charge in [0.25, 0.3) is 0 Å². The standard InChI is InChI=1S/2C17H17ClF3N5O2/c1-11-10-14(23-24-15(11)18)25-6-8-26(9-7-25)16(27)22-12-2-4-13(5-3-12)28-17(19,20)21;1-11-10-14(18)23-24-15(11)25-6-8-26(9-7-25)16(27)22-12-2-4-13(5-3-12)28-17(19,20)21/h2*2-5,10H,6-9H2,1H3,(H,22,27). The lowest BCUT2D eigenvalue weighted by Gasteiger charge is -2.35. The number of nitrogens with one attached hydrogen (secondary N) is 2. The molecule has 2 aromatic heterocycles. The van der Waals surface area contributed by atoms with Crippen LogP contribution in [0, 0.1) is 13.8 Å². The van der Waals surface area contributed by atoms with E-state index >= 15 is 0 Å². The predicted octanol–water partition coefficient (Wildman–Crippen LogP) is 7.38. The van der Waals surface area contributed by atoms with Crippen molar-refractivity contribution >= 4 is 58.3 Å². The van der Waals surface area contributed by atoms with Crippen molar-refractivity contribution in [2.75, 3.05) is 72.8 Å². The van der Waals surface area contributed by atoms with Gasteiger partial charge in [-0.3, -0.25) is 0 Å². The maximum atomic E-state index is 12.4. The number of urea groups is 2. The van der Waals surface area contributed by atoms with E-state index in [4.69, 9.17) is 23.2 Å². The van der Waals surface area contributed by atoms with Gasteiger partial charge in [-0.1, -0.05) is 23.2 Å². The average Bonchev–Trinajstić information content (AvgIpc) is 3.14. The number of hydrogen-bond acceptors (Lipinski definition) is 10.